The third kappa shape index (κ3) is 3.94. The minimum atomic E-state index is -0.389. The lowest BCUT2D eigenvalue weighted by molar-refractivity contribution is -0.141. The second-order valence-electron chi connectivity index (χ2n) is 4.88. The van der Waals surface area contributed by atoms with E-state index in [-0.39, 0.29) is 23.7 Å². The van der Waals surface area contributed by atoms with Gasteiger partial charge in [-0.1, -0.05) is 13.8 Å². The van der Waals surface area contributed by atoms with Gasteiger partial charge in [0, 0.05) is 18.5 Å². The first kappa shape index (κ1) is 18.4. The molecule has 1 rings (SSSR count). The number of thiophene rings is 1. The number of rotatable bonds is 6. The van der Waals surface area contributed by atoms with Crippen LogP contribution < -0.4 is 5.73 Å². The van der Waals surface area contributed by atoms with Crippen LogP contribution in [0.5, 0.6) is 0 Å². The van der Waals surface area contributed by atoms with Crippen LogP contribution in [0.4, 0.5) is 0 Å². The van der Waals surface area contributed by atoms with Gasteiger partial charge in [-0.25, -0.2) is 0 Å². The highest BCUT2D eigenvalue weighted by Crippen LogP contribution is 2.28. The molecule has 0 spiro atoms. The monoisotopic (exact) mass is 304 g/mol. The predicted molar refractivity (Wildman–Crippen MR) is 84.8 cm³/mol. The van der Waals surface area contributed by atoms with Gasteiger partial charge in [-0.2, -0.15) is 0 Å². The standard InChI is InChI=1S/C14H24N2OS.ClH/c1-5-14(6-2,10-15)13(17)16(4)9-12-11(3)7-8-18-12;/h7-8H,5-6,9-10,15H2,1-4H3;1H. The van der Waals surface area contributed by atoms with Gasteiger partial charge in [-0.05, 0) is 36.8 Å². The lowest BCUT2D eigenvalue weighted by Crippen LogP contribution is -2.45. The SMILES string of the molecule is CCC(CC)(CN)C(=O)N(C)Cc1sccc1C.Cl. The summed E-state index contributed by atoms with van der Waals surface area (Å²) in [5.41, 5.74) is 6.69. The molecule has 110 valence electrons. The number of carbonyl (C=O) groups excluding carboxylic acids is 1. The van der Waals surface area contributed by atoms with E-state index >= 15 is 0 Å². The Bertz CT molecular complexity index is 394. The zero-order valence-corrected chi connectivity index (χ0v) is 13.9. The van der Waals surface area contributed by atoms with Crippen LogP contribution in [-0.2, 0) is 11.3 Å². The molecule has 1 aromatic rings. The van der Waals surface area contributed by atoms with Crippen LogP contribution in [0.25, 0.3) is 0 Å². The second kappa shape index (κ2) is 7.88. The quantitative estimate of drug-likeness (QED) is 0.877. The summed E-state index contributed by atoms with van der Waals surface area (Å²) in [6.07, 6.45) is 1.60. The Morgan fingerprint density at radius 1 is 1.42 bits per heavy atom. The molecule has 0 unspecified atom stereocenters. The number of nitrogens with two attached hydrogens (primary N) is 1. The number of nitrogens with zero attached hydrogens (tertiary/aromatic N) is 1. The summed E-state index contributed by atoms with van der Waals surface area (Å²) in [5.74, 6) is 0.169. The first-order chi connectivity index (χ1) is 8.50. The average molecular weight is 305 g/mol. The van der Waals surface area contributed by atoms with E-state index < -0.39 is 0 Å². The molecule has 0 fully saturated rings. The maximum atomic E-state index is 12.5. The summed E-state index contributed by atoms with van der Waals surface area (Å²) >= 11 is 1.70. The van der Waals surface area contributed by atoms with E-state index in [1.54, 1.807) is 11.3 Å². The van der Waals surface area contributed by atoms with E-state index in [2.05, 4.69) is 18.4 Å². The van der Waals surface area contributed by atoms with Gasteiger partial charge >= 0.3 is 0 Å². The molecule has 0 radical (unpaired) electrons. The molecule has 19 heavy (non-hydrogen) atoms. The van der Waals surface area contributed by atoms with Crippen molar-refractivity contribution in [3.63, 3.8) is 0 Å². The average Bonchev–Trinajstić information content (AvgIpc) is 2.77. The van der Waals surface area contributed by atoms with Gasteiger partial charge in [0.2, 0.25) is 5.91 Å². The predicted octanol–water partition coefficient (Wildman–Crippen LogP) is 3.20. The number of halogens is 1. The summed E-state index contributed by atoms with van der Waals surface area (Å²) in [6, 6.07) is 2.09. The molecule has 0 aliphatic heterocycles. The van der Waals surface area contributed by atoms with E-state index in [0.717, 1.165) is 12.8 Å². The fourth-order valence-corrected chi connectivity index (χ4v) is 3.15. The Morgan fingerprint density at radius 2 is 2.00 bits per heavy atom. The fourth-order valence-electron chi connectivity index (χ4n) is 2.19. The summed E-state index contributed by atoms with van der Waals surface area (Å²) in [6.45, 7) is 7.27. The van der Waals surface area contributed by atoms with Gasteiger partial charge in [0.25, 0.3) is 0 Å². The Balaban J connectivity index is 0.00000324. The van der Waals surface area contributed by atoms with Gasteiger partial charge in [-0.3, -0.25) is 4.79 Å². The van der Waals surface area contributed by atoms with Crippen molar-refractivity contribution < 1.29 is 4.79 Å². The van der Waals surface area contributed by atoms with Gasteiger partial charge < -0.3 is 10.6 Å². The molecule has 5 heteroatoms. The molecule has 0 atom stereocenters. The van der Waals surface area contributed by atoms with Crippen molar-refractivity contribution in [3.05, 3.63) is 21.9 Å². The molecule has 3 nitrogen and oxygen atoms in total. The first-order valence-corrected chi connectivity index (χ1v) is 7.37. The van der Waals surface area contributed by atoms with Gasteiger partial charge in [0.1, 0.15) is 0 Å². The van der Waals surface area contributed by atoms with Crippen LogP contribution in [0, 0.1) is 12.3 Å². The summed E-state index contributed by atoms with van der Waals surface area (Å²) < 4.78 is 0. The smallest absolute Gasteiger partial charge is 0.230 e. The molecule has 1 amide bonds. The van der Waals surface area contributed by atoms with Crippen LogP contribution in [0.3, 0.4) is 0 Å². The van der Waals surface area contributed by atoms with Gasteiger partial charge in [0.05, 0.1) is 12.0 Å². The number of amides is 1. The first-order valence-electron chi connectivity index (χ1n) is 6.49. The Kier molecular flexibility index (Phi) is 7.64. The van der Waals surface area contributed by atoms with Crippen LogP contribution in [-0.4, -0.2) is 24.4 Å². The van der Waals surface area contributed by atoms with Crippen LogP contribution in [0.1, 0.15) is 37.1 Å². The number of hydrogen-bond donors (Lipinski definition) is 1. The summed E-state index contributed by atoms with van der Waals surface area (Å²) in [5, 5.41) is 2.07. The Hall–Kier alpha value is -0.580. The zero-order chi connectivity index (χ0) is 13.8. The van der Waals surface area contributed by atoms with Crippen molar-refractivity contribution in [2.24, 2.45) is 11.1 Å². The molecule has 0 aliphatic rings. The highest BCUT2D eigenvalue weighted by atomic mass is 35.5. The highest BCUT2D eigenvalue weighted by molar-refractivity contribution is 7.10. The number of carbonyl (C=O) groups is 1. The molecule has 0 aromatic carbocycles. The lowest BCUT2D eigenvalue weighted by atomic mass is 9.81. The Labute approximate surface area is 126 Å². The van der Waals surface area contributed by atoms with Crippen LogP contribution in [0.15, 0.2) is 11.4 Å². The normalized spacial score (nSPS) is 11.0. The third-order valence-corrected chi connectivity index (χ3v) is 4.90. The molecule has 0 saturated heterocycles. The topological polar surface area (TPSA) is 46.3 Å². The Morgan fingerprint density at radius 3 is 2.37 bits per heavy atom. The van der Waals surface area contributed by atoms with E-state index in [9.17, 15) is 4.79 Å². The van der Waals surface area contributed by atoms with Crippen molar-refractivity contribution >= 4 is 29.7 Å². The molecule has 1 aromatic heterocycles. The molecule has 0 aliphatic carbocycles. The molecule has 1 heterocycles. The number of aryl methyl sites for hydroxylation is 1. The summed E-state index contributed by atoms with van der Waals surface area (Å²) in [4.78, 5) is 15.6. The zero-order valence-electron chi connectivity index (χ0n) is 12.2. The van der Waals surface area contributed by atoms with Crippen molar-refractivity contribution in [1.29, 1.82) is 0 Å². The van der Waals surface area contributed by atoms with Crippen molar-refractivity contribution in [2.45, 2.75) is 40.2 Å². The third-order valence-electron chi connectivity index (χ3n) is 3.89. The fraction of sp³-hybridized carbons (Fsp3) is 0.643. The molecule has 2 N–H and O–H groups in total. The van der Waals surface area contributed by atoms with Gasteiger partial charge in [-0.15, -0.1) is 23.7 Å². The van der Waals surface area contributed by atoms with E-state index in [1.807, 2.05) is 25.8 Å². The molecular formula is C14H25ClN2OS. The van der Waals surface area contributed by atoms with Crippen molar-refractivity contribution in [3.8, 4) is 0 Å². The minimum absolute atomic E-state index is 0. The van der Waals surface area contributed by atoms with Gasteiger partial charge in [0.15, 0.2) is 0 Å². The maximum absolute atomic E-state index is 12.5. The minimum Gasteiger partial charge on any atom is -0.340 e. The van der Waals surface area contributed by atoms with Crippen molar-refractivity contribution in [1.82, 2.24) is 4.90 Å². The molecule has 0 saturated carbocycles. The second-order valence-corrected chi connectivity index (χ2v) is 5.88. The van der Waals surface area contributed by atoms with E-state index in [4.69, 9.17) is 5.73 Å². The summed E-state index contributed by atoms with van der Waals surface area (Å²) in [7, 11) is 1.87. The maximum Gasteiger partial charge on any atom is 0.230 e. The molecule has 0 bridgehead atoms. The largest absolute Gasteiger partial charge is 0.340 e. The number of hydrogen-bond acceptors (Lipinski definition) is 3. The van der Waals surface area contributed by atoms with Crippen LogP contribution in [0.2, 0.25) is 0 Å². The van der Waals surface area contributed by atoms with Crippen LogP contribution >= 0.6 is 23.7 Å². The van der Waals surface area contributed by atoms with E-state index in [1.165, 1.54) is 10.4 Å². The molecular weight excluding hydrogens is 280 g/mol. The van der Waals surface area contributed by atoms with Crippen molar-refractivity contribution in [2.75, 3.05) is 13.6 Å². The van der Waals surface area contributed by atoms with E-state index in [0.29, 0.717) is 13.1 Å². The highest BCUT2D eigenvalue weighted by Gasteiger charge is 2.35. The lowest BCUT2D eigenvalue weighted by Gasteiger charge is -2.33.